The fourth-order valence-electron chi connectivity index (χ4n) is 3.28. The highest BCUT2D eigenvalue weighted by molar-refractivity contribution is 7.86. The molecule has 0 aromatic heterocycles. The smallest absolute Gasteiger partial charge is 0.410 e. The molecule has 0 radical (unpaired) electrons. The number of hydrogen-bond donors (Lipinski definition) is 0. The number of rotatable bonds is 6. The summed E-state index contributed by atoms with van der Waals surface area (Å²) < 4.78 is 35.8. The Balaban J connectivity index is 1.61. The van der Waals surface area contributed by atoms with Crippen LogP contribution in [0.2, 0.25) is 0 Å². The van der Waals surface area contributed by atoms with E-state index in [0.717, 1.165) is 18.4 Å². The van der Waals surface area contributed by atoms with Crippen LogP contribution < -0.4 is 0 Å². The van der Waals surface area contributed by atoms with E-state index >= 15 is 0 Å². The molecule has 0 bridgehead atoms. The second kappa shape index (κ2) is 9.21. The van der Waals surface area contributed by atoms with Gasteiger partial charge in [-0.1, -0.05) is 48.5 Å². The zero-order valence-corrected chi connectivity index (χ0v) is 16.7. The number of piperidine rings is 1. The first kappa shape index (κ1) is 20.4. The van der Waals surface area contributed by atoms with Gasteiger partial charge in [0.1, 0.15) is 6.61 Å². The summed E-state index contributed by atoms with van der Waals surface area (Å²) >= 11 is 0. The van der Waals surface area contributed by atoms with Crippen LogP contribution in [0.5, 0.6) is 0 Å². The molecule has 1 aliphatic rings. The predicted molar refractivity (Wildman–Crippen MR) is 105 cm³/mol. The van der Waals surface area contributed by atoms with E-state index in [1.807, 2.05) is 30.3 Å². The minimum absolute atomic E-state index is 0.0723. The van der Waals surface area contributed by atoms with E-state index < -0.39 is 16.2 Å². The molecule has 1 heterocycles. The maximum Gasteiger partial charge on any atom is 0.410 e. The Bertz CT molecular complexity index is 898. The molecule has 1 aliphatic heterocycles. The molecule has 2 aromatic rings. The highest BCUT2D eigenvalue weighted by atomic mass is 32.2. The normalized spacial score (nSPS) is 17.3. The zero-order valence-electron chi connectivity index (χ0n) is 15.9. The first-order valence-electron chi connectivity index (χ1n) is 9.40. The Morgan fingerprint density at radius 3 is 2.54 bits per heavy atom. The van der Waals surface area contributed by atoms with Crippen LogP contribution in [0.25, 0.3) is 0 Å². The molecule has 1 saturated heterocycles. The first-order chi connectivity index (χ1) is 13.5. The molecule has 7 heteroatoms. The van der Waals surface area contributed by atoms with Crippen molar-refractivity contribution in [3.05, 3.63) is 65.7 Å². The third-order valence-electron chi connectivity index (χ3n) is 4.85. The molecule has 0 N–H and O–H groups in total. The summed E-state index contributed by atoms with van der Waals surface area (Å²) in [5.74, 6) is 0. The lowest BCUT2D eigenvalue weighted by Crippen LogP contribution is -2.46. The van der Waals surface area contributed by atoms with Crippen LogP contribution in [0.3, 0.4) is 0 Å². The lowest BCUT2D eigenvalue weighted by Gasteiger charge is -2.34. The van der Waals surface area contributed by atoms with Gasteiger partial charge in [-0.2, -0.15) is 8.42 Å². The van der Waals surface area contributed by atoms with Gasteiger partial charge < -0.3 is 9.64 Å². The van der Waals surface area contributed by atoms with Gasteiger partial charge in [0, 0.05) is 6.54 Å². The van der Waals surface area contributed by atoms with Gasteiger partial charge in [0.25, 0.3) is 10.1 Å². The number of hydrogen-bond acceptors (Lipinski definition) is 5. The van der Waals surface area contributed by atoms with Crippen LogP contribution in [0.15, 0.2) is 59.5 Å². The van der Waals surface area contributed by atoms with E-state index in [1.165, 1.54) is 6.07 Å². The summed E-state index contributed by atoms with van der Waals surface area (Å²) in [6.45, 7) is 2.37. The van der Waals surface area contributed by atoms with Crippen LogP contribution in [-0.4, -0.2) is 38.6 Å². The molecule has 0 unspecified atom stereocenters. The van der Waals surface area contributed by atoms with E-state index in [1.54, 1.807) is 30.0 Å². The summed E-state index contributed by atoms with van der Waals surface area (Å²) in [6, 6.07) is 15.8. The standard InChI is InChI=1S/C21H25NO5S/c1-17-9-5-6-13-20(17)28(24,25)27-16-19-12-7-8-14-22(19)21(23)26-15-18-10-3-2-4-11-18/h2-6,9-11,13,19H,7-8,12,14-16H2,1H3/t19-/m1/s1. The fraction of sp³-hybridized carbons (Fsp3) is 0.381. The lowest BCUT2D eigenvalue weighted by atomic mass is 10.0. The van der Waals surface area contributed by atoms with Gasteiger partial charge in [-0.15, -0.1) is 0 Å². The van der Waals surface area contributed by atoms with Crippen molar-refractivity contribution in [2.24, 2.45) is 0 Å². The van der Waals surface area contributed by atoms with Crippen LogP contribution in [0.4, 0.5) is 4.79 Å². The Kier molecular flexibility index (Phi) is 6.70. The van der Waals surface area contributed by atoms with E-state index in [-0.39, 0.29) is 24.2 Å². The van der Waals surface area contributed by atoms with Gasteiger partial charge in [0.15, 0.2) is 0 Å². The SMILES string of the molecule is Cc1ccccc1S(=O)(=O)OC[C@H]1CCCCN1C(=O)OCc1ccccc1. The molecule has 1 amide bonds. The zero-order chi connectivity index (χ0) is 20.0. The van der Waals surface area contributed by atoms with Crippen LogP contribution in [0.1, 0.15) is 30.4 Å². The van der Waals surface area contributed by atoms with Crippen LogP contribution >= 0.6 is 0 Å². The summed E-state index contributed by atoms with van der Waals surface area (Å²) in [5.41, 5.74) is 1.54. The Morgan fingerprint density at radius 1 is 1.07 bits per heavy atom. The van der Waals surface area contributed by atoms with Gasteiger partial charge in [-0.3, -0.25) is 4.18 Å². The van der Waals surface area contributed by atoms with Crippen LogP contribution in [-0.2, 0) is 25.6 Å². The summed E-state index contributed by atoms with van der Waals surface area (Å²) in [6.07, 6.45) is 2.02. The number of benzene rings is 2. The number of ether oxygens (including phenoxy) is 1. The summed E-state index contributed by atoms with van der Waals surface area (Å²) in [5, 5.41) is 0. The molecular weight excluding hydrogens is 378 g/mol. The Labute approximate surface area is 166 Å². The molecule has 0 saturated carbocycles. The highest BCUT2D eigenvalue weighted by Crippen LogP contribution is 2.22. The summed E-state index contributed by atoms with van der Waals surface area (Å²) in [4.78, 5) is 14.3. The second-order valence-electron chi connectivity index (χ2n) is 6.89. The van der Waals surface area contributed by atoms with Gasteiger partial charge >= 0.3 is 6.09 Å². The first-order valence-corrected chi connectivity index (χ1v) is 10.8. The van der Waals surface area contributed by atoms with Crippen molar-refractivity contribution in [3.8, 4) is 0 Å². The monoisotopic (exact) mass is 403 g/mol. The van der Waals surface area contributed by atoms with Gasteiger partial charge in [0.2, 0.25) is 0 Å². The fourth-order valence-corrected chi connectivity index (χ4v) is 4.46. The number of carbonyl (C=O) groups is 1. The topological polar surface area (TPSA) is 72.9 Å². The molecule has 28 heavy (non-hydrogen) atoms. The van der Waals surface area contributed by atoms with Crippen molar-refractivity contribution < 1.29 is 22.1 Å². The Hall–Kier alpha value is -2.38. The van der Waals surface area contributed by atoms with Crippen molar-refractivity contribution in [1.29, 1.82) is 0 Å². The molecule has 150 valence electrons. The molecular formula is C21H25NO5S. The molecule has 2 aromatic carbocycles. The quantitative estimate of drug-likeness (QED) is 0.684. The minimum atomic E-state index is -3.87. The minimum Gasteiger partial charge on any atom is -0.445 e. The number of carbonyl (C=O) groups excluding carboxylic acids is 1. The maximum absolute atomic E-state index is 12.5. The predicted octanol–water partition coefficient (Wildman–Crippen LogP) is 3.89. The van der Waals surface area contributed by atoms with Crippen LogP contribution in [0, 0.1) is 6.92 Å². The Morgan fingerprint density at radius 2 is 1.79 bits per heavy atom. The number of nitrogens with zero attached hydrogens (tertiary/aromatic N) is 1. The molecule has 0 spiro atoms. The average Bonchev–Trinajstić information content (AvgIpc) is 2.72. The van der Waals surface area contributed by atoms with Gasteiger partial charge in [0.05, 0.1) is 17.5 Å². The molecule has 3 rings (SSSR count). The van der Waals surface area contributed by atoms with E-state index in [4.69, 9.17) is 8.92 Å². The molecule has 1 atom stereocenters. The van der Waals surface area contributed by atoms with E-state index in [9.17, 15) is 13.2 Å². The van der Waals surface area contributed by atoms with Crippen molar-refractivity contribution in [2.45, 2.75) is 43.7 Å². The largest absolute Gasteiger partial charge is 0.445 e. The highest BCUT2D eigenvalue weighted by Gasteiger charge is 2.30. The van der Waals surface area contributed by atoms with E-state index in [2.05, 4.69) is 0 Å². The lowest BCUT2D eigenvalue weighted by molar-refractivity contribution is 0.0546. The van der Waals surface area contributed by atoms with E-state index in [0.29, 0.717) is 18.5 Å². The molecule has 6 nitrogen and oxygen atoms in total. The van der Waals surface area contributed by atoms with Crippen molar-refractivity contribution >= 4 is 16.2 Å². The van der Waals surface area contributed by atoms with Crippen molar-refractivity contribution in [1.82, 2.24) is 4.90 Å². The van der Waals surface area contributed by atoms with Gasteiger partial charge in [-0.25, -0.2) is 4.79 Å². The number of amides is 1. The van der Waals surface area contributed by atoms with Crippen molar-refractivity contribution in [2.75, 3.05) is 13.2 Å². The molecule has 0 aliphatic carbocycles. The molecule has 1 fully saturated rings. The van der Waals surface area contributed by atoms with Crippen molar-refractivity contribution in [3.63, 3.8) is 0 Å². The average molecular weight is 404 g/mol. The third-order valence-corrected chi connectivity index (χ3v) is 6.29. The number of likely N-dealkylation sites (tertiary alicyclic amines) is 1. The second-order valence-corrected chi connectivity index (χ2v) is 8.47. The summed E-state index contributed by atoms with van der Waals surface area (Å²) in [7, 11) is -3.87. The third kappa shape index (κ3) is 5.11. The maximum atomic E-state index is 12.5. The number of aryl methyl sites for hydroxylation is 1. The van der Waals surface area contributed by atoms with Gasteiger partial charge in [-0.05, 0) is 43.4 Å².